The minimum atomic E-state index is 0.235. The molecule has 0 aliphatic rings. The third-order valence-corrected chi connectivity index (χ3v) is 2.11. The van der Waals surface area contributed by atoms with Gasteiger partial charge in [0.25, 0.3) is 0 Å². The second kappa shape index (κ2) is 5.38. The standard InChI is InChI=1S/C13H16O/c1-11(2)10-13(8-9-14)12-6-4-3-5-7-12/h3-7,9-10,13H,8H2,1-2H3. The zero-order valence-electron chi connectivity index (χ0n) is 8.73. The third-order valence-electron chi connectivity index (χ3n) is 2.11. The number of carbonyl (C=O) groups is 1. The summed E-state index contributed by atoms with van der Waals surface area (Å²) in [5, 5.41) is 0. The summed E-state index contributed by atoms with van der Waals surface area (Å²) in [6.45, 7) is 4.11. The van der Waals surface area contributed by atoms with Crippen LogP contribution in [0.3, 0.4) is 0 Å². The molecule has 1 aromatic rings. The van der Waals surface area contributed by atoms with Crippen molar-refractivity contribution in [2.75, 3.05) is 0 Å². The lowest BCUT2D eigenvalue weighted by molar-refractivity contribution is -0.108. The number of benzene rings is 1. The molecule has 1 unspecified atom stereocenters. The molecule has 1 rings (SSSR count). The Hall–Kier alpha value is -1.37. The van der Waals surface area contributed by atoms with Crippen LogP contribution in [0.15, 0.2) is 42.0 Å². The van der Waals surface area contributed by atoms with Crippen molar-refractivity contribution < 1.29 is 4.79 Å². The van der Waals surface area contributed by atoms with Crippen molar-refractivity contribution in [3.63, 3.8) is 0 Å². The molecule has 0 aliphatic heterocycles. The van der Waals surface area contributed by atoms with Gasteiger partial charge in [0.05, 0.1) is 0 Å². The molecule has 0 heterocycles. The summed E-state index contributed by atoms with van der Waals surface area (Å²) in [6.07, 6.45) is 3.69. The molecule has 0 saturated heterocycles. The average Bonchev–Trinajstić information content (AvgIpc) is 2.18. The second-order valence-corrected chi connectivity index (χ2v) is 3.66. The van der Waals surface area contributed by atoms with Gasteiger partial charge in [-0.2, -0.15) is 0 Å². The molecule has 0 spiro atoms. The summed E-state index contributed by atoms with van der Waals surface area (Å²) in [5.41, 5.74) is 2.46. The third kappa shape index (κ3) is 3.17. The lowest BCUT2D eigenvalue weighted by Gasteiger charge is -2.10. The van der Waals surface area contributed by atoms with Crippen molar-refractivity contribution in [2.24, 2.45) is 0 Å². The summed E-state index contributed by atoms with van der Waals surface area (Å²) >= 11 is 0. The van der Waals surface area contributed by atoms with Gasteiger partial charge in [0, 0.05) is 12.3 Å². The van der Waals surface area contributed by atoms with Gasteiger partial charge in [-0.25, -0.2) is 0 Å². The van der Waals surface area contributed by atoms with Crippen molar-refractivity contribution in [2.45, 2.75) is 26.2 Å². The highest BCUT2D eigenvalue weighted by Crippen LogP contribution is 2.21. The number of allylic oxidation sites excluding steroid dienone is 2. The van der Waals surface area contributed by atoms with Gasteiger partial charge in [-0.15, -0.1) is 0 Å². The minimum Gasteiger partial charge on any atom is -0.303 e. The van der Waals surface area contributed by atoms with Crippen molar-refractivity contribution in [1.82, 2.24) is 0 Å². The molecule has 0 fully saturated rings. The molecular weight excluding hydrogens is 172 g/mol. The van der Waals surface area contributed by atoms with Gasteiger partial charge in [-0.05, 0) is 19.4 Å². The molecule has 0 N–H and O–H groups in total. The highest BCUT2D eigenvalue weighted by molar-refractivity contribution is 5.52. The Morgan fingerprint density at radius 3 is 2.43 bits per heavy atom. The molecule has 14 heavy (non-hydrogen) atoms. The molecule has 1 atom stereocenters. The number of hydrogen-bond donors (Lipinski definition) is 0. The Balaban J connectivity index is 2.88. The van der Waals surface area contributed by atoms with Gasteiger partial charge in [0.15, 0.2) is 0 Å². The summed E-state index contributed by atoms with van der Waals surface area (Å²) in [5.74, 6) is 0.235. The monoisotopic (exact) mass is 188 g/mol. The fourth-order valence-corrected chi connectivity index (χ4v) is 1.51. The van der Waals surface area contributed by atoms with Crippen LogP contribution in [0.5, 0.6) is 0 Å². The van der Waals surface area contributed by atoms with E-state index in [9.17, 15) is 4.79 Å². The van der Waals surface area contributed by atoms with Crippen LogP contribution in [-0.4, -0.2) is 6.29 Å². The van der Waals surface area contributed by atoms with E-state index in [2.05, 4.69) is 32.1 Å². The van der Waals surface area contributed by atoms with Crippen LogP contribution < -0.4 is 0 Å². The van der Waals surface area contributed by atoms with Gasteiger partial charge >= 0.3 is 0 Å². The number of aldehydes is 1. The Morgan fingerprint density at radius 1 is 1.29 bits per heavy atom. The first kappa shape index (κ1) is 10.7. The number of rotatable bonds is 4. The van der Waals surface area contributed by atoms with Crippen LogP contribution in [0.1, 0.15) is 31.7 Å². The molecule has 1 aromatic carbocycles. The fraction of sp³-hybridized carbons (Fsp3) is 0.308. The Labute approximate surface area is 85.5 Å². The molecule has 1 nitrogen and oxygen atoms in total. The Bertz CT molecular complexity index is 307. The van der Waals surface area contributed by atoms with Gasteiger partial charge in [0.2, 0.25) is 0 Å². The molecular formula is C13H16O. The van der Waals surface area contributed by atoms with Crippen molar-refractivity contribution in [3.05, 3.63) is 47.5 Å². The van der Waals surface area contributed by atoms with E-state index in [0.717, 1.165) is 6.29 Å². The first-order chi connectivity index (χ1) is 6.74. The van der Waals surface area contributed by atoms with E-state index in [4.69, 9.17) is 0 Å². The molecule has 0 amide bonds. The number of carbonyl (C=O) groups excluding carboxylic acids is 1. The van der Waals surface area contributed by atoms with Gasteiger partial charge < -0.3 is 4.79 Å². The smallest absolute Gasteiger partial charge is 0.120 e. The first-order valence-electron chi connectivity index (χ1n) is 4.87. The van der Waals surface area contributed by atoms with Crippen LogP contribution in [-0.2, 0) is 4.79 Å². The Morgan fingerprint density at radius 2 is 1.93 bits per heavy atom. The van der Waals surface area contributed by atoms with Gasteiger partial charge in [0.1, 0.15) is 6.29 Å². The predicted molar refractivity (Wildman–Crippen MR) is 59.3 cm³/mol. The van der Waals surface area contributed by atoms with E-state index in [1.807, 2.05) is 18.2 Å². The topological polar surface area (TPSA) is 17.1 Å². The maximum Gasteiger partial charge on any atom is 0.120 e. The molecule has 0 saturated carbocycles. The van der Waals surface area contributed by atoms with Crippen LogP contribution in [0.25, 0.3) is 0 Å². The molecule has 74 valence electrons. The zero-order chi connectivity index (χ0) is 10.4. The van der Waals surface area contributed by atoms with Gasteiger partial charge in [-0.3, -0.25) is 0 Å². The normalized spacial score (nSPS) is 11.9. The van der Waals surface area contributed by atoms with Crippen molar-refractivity contribution in [1.29, 1.82) is 0 Å². The van der Waals surface area contributed by atoms with Crippen LogP contribution in [0.2, 0.25) is 0 Å². The van der Waals surface area contributed by atoms with E-state index in [0.29, 0.717) is 6.42 Å². The van der Waals surface area contributed by atoms with Crippen molar-refractivity contribution in [3.8, 4) is 0 Å². The van der Waals surface area contributed by atoms with Gasteiger partial charge in [-0.1, -0.05) is 42.0 Å². The molecule has 0 aliphatic carbocycles. The molecule has 0 radical (unpaired) electrons. The summed E-state index contributed by atoms with van der Waals surface area (Å²) in [6, 6.07) is 10.1. The highest BCUT2D eigenvalue weighted by Gasteiger charge is 2.06. The van der Waals surface area contributed by atoms with E-state index in [1.54, 1.807) is 0 Å². The lowest BCUT2D eigenvalue weighted by Crippen LogP contribution is -1.96. The highest BCUT2D eigenvalue weighted by atomic mass is 16.1. The van der Waals surface area contributed by atoms with Crippen LogP contribution in [0.4, 0.5) is 0 Å². The lowest BCUT2D eigenvalue weighted by atomic mass is 9.94. The largest absolute Gasteiger partial charge is 0.303 e. The summed E-state index contributed by atoms with van der Waals surface area (Å²) in [4.78, 5) is 10.5. The Kier molecular flexibility index (Phi) is 4.11. The van der Waals surface area contributed by atoms with Crippen molar-refractivity contribution >= 4 is 6.29 Å². The van der Waals surface area contributed by atoms with E-state index >= 15 is 0 Å². The minimum absolute atomic E-state index is 0.235. The SMILES string of the molecule is CC(C)=CC(CC=O)c1ccccc1. The maximum absolute atomic E-state index is 10.5. The molecule has 0 bridgehead atoms. The van der Waals surface area contributed by atoms with Crippen LogP contribution >= 0.6 is 0 Å². The fourth-order valence-electron chi connectivity index (χ4n) is 1.51. The summed E-state index contributed by atoms with van der Waals surface area (Å²) in [7, 11) is 0. The van der Waals surface area contributed by atoms with Crippen LogP contribution in [0, 0.1) is 0 Å². The quantitative estimate of drug-likeness (QED) is 0.523. The predicted octanol–water partition coefficient (Wildman–Crippen LogP) is 3.33. The maximum atomic E-state index is 10.5. The molecule has 1 heteroatoms. The van der Waals surface area contributed by atoms with E-state index in [-0.39, 0.29) is 5.92 Å². The average molecular weight is 188 g/mol. The number of hydrogen-bond acceptors (Lipinski definition) is 1. The summed E-state index contributed by atoms with van der Waals surface area (Å²) < 4.78 is 0. The second-order valence-electron chi connectivity index (χ2n) is 3.66. The first-order valence-corrected chi connectivity index (χ1v) is 4.87. The molecule has 0 aromatic heterocycles. The van der Waals surface area contributed by atoms with E-state index < -0.39 is 0 Å². The van der Waals surface area contributed by atoms with E-state index in [1.165, 1.54) is 11.1 Å². The zero-order valence-corrected chi connectivity index (χ0v) is 8.73.